The van der Waals surface area contributed by atoms with Crippen LogP contribution in [0.2, 0.25) is 0 Å². The molecular weight excluding hydrogens is 324 g/mol. The van der Waals surface area contributed by atoms with Gasteiger partial charge in [-0.15, -0.1) is 0 Å². The van der Waals surface area contributed by atoms with Crippen molar-refractivity contribution in [2.75, 3.05) is 21.3 Å². The third-order valence-corrected chi connectivity index (χ3v) is 3.01. The van der Waals surface area contributed by atoms with E-state index in [9.17, 15) is 9.59 Å². The molecule has 1 aromatic carbocycles. The molecular formula is C15H20O9. The third kappa shape index (κ3) is 4.92. The van der Waals surface area contributed by atoms with E-state index >= 15 is 0 Å². The predicted octanol–water partition coefficient (Wildman–Crippen LogP) is 2.67. The van der Waals surface area contributed by atoms with E-state index in [1.54, 1.807) is 6.92 Å². The van der Waals surface area contributed by atoms with Crippen molar-refractivity contribution in [3.05, 3.63) is 17.7 Å². The van der Waals surface area contributed by atoms with Crippen molar-refractivity contribution in [3.63, 3.8) is 0 Å². The Morgan fingerprint density at radius 3 is 2.21 bits per heavy atom. The van der Waals surface area contributed by atoms with Gasteiger partial charge in [0.2, 0.25) is 5.75 Å². The van der Waals surface area contributed by atoms with Gasteiger partial charge in [0.15, 0.2) is 11.5 Å². The van der Waals surface area contributed by atoms with E-state index in [1.165, 1.54) is 33.5 Å². The van der Waals surface area contributed by atoms with Crippen molar-refractivity contribution in [1.29, 1.82) is 0 Å². The number of hydrogen-bond acceptors (Lipinski definition) is 9. The molecule has 0 fully saturated rings. The summed E-state index contributed by atoms with van der Waals surface area (Å²) in [5, 5.41) is 4.13. The van der Waals surface area contributed by atoms with E-state index < -0.39 is 12.1 Å². The van der Waals surface area contributed by atoms with Crippen LogP contribution in [0.4, 0.5) is 4.79 Å². The minimum atomic E-state index is -1.13. The summed E-state index contributed by atoms with van der Waals surface area (Å²) in [5.74, 6) is -0.330. The molecule has 1 atom stereocenters. The molecule has 0 saturated heterocycles. The van der Waals surface area contributed by atoms with Crippen molar-refractivity contribution in [3.8, 4) is 17.2 Å². The Morgan fingerprint density at radius 1 is 1.00 bits per heavy atom. The molecule has 24 heavy (non-hydrogen) atoms. The molecule has 0 heterocycles. The fraction of sp³-hybridized carbons (Fsp3) is 0.467. The van der Waals surface area contributed by atoms with Gasteiger partial charge in [-0.3, -0.25) is 4.89 Å². The largest absolute Gasteiger partial charge is 0.543 e. The second-order valence-electron chi connectivity index (χ2n) is 4.49. The average molecular weight is 344 g/mol. The normalized spacial score (nSPS) is 11.2. The summed E-state index contributed by atoms with van der Waals surface area (Å²) in [6.45, 7) is 3.49. The highest BCUT2D eigenvalue weighted by molar-refractivity contribution is 5.93. The zero-order valence-corrected chi connectivity index (χ0v) is 14.1. The lowest BCUT2D eigenvalue weighted by Crippen LogP contribution is -2.17. The summed E-state index contributed by atoms with van der Waals surface area (Å²) in [6, 6.07) is 2.86. The Morgan fingerprint density at radius 2 is 1.67 bits per heavy atom. The van der Waals surface area contributed by atoms with Crippen LogP contribution in [0.3, 0.4) is 0 Å². The summed E-state index contributed by atoms with van der Waals surface area (Å²) in [7, 11) is 4.17. The number of rotatable bonds is 8. The van der Waals surface area contributed by atoms with Crippen LogP contribution in [0.5, 0.6) is 17.2 Å². The minimum absolute atomic E-state index is 0.0194. The quantitative estimate of drug-likeness (QED) is 0.400. The first-order valence-electron chi connectivity index (χ1n) is 7.03. The van der Waals surface area contributed by atoms with Crippen molar-refractivity contribution >= 4 is 12.1 Å². The monoisotopic (exact) mass is 344 g/mol. The first-order valence-corrected chi connectivity index (χ1v) is 7.03. The molecule has 0 N–H and O–H groups in total. The van der Waals surface area contributed by atoms with Crippen LogP contribution in [0, 0.1) is 0 Å². The Hall–Kier alpha value is -2.68. The van der Waals surface area contributed by atoms with Crippen LogP contribution in [-0.4, -0.2) is 39.6 Å². The molecule has 9 heteroatoms. The van der Waals surface area contributed by atoms with E-state index in [0.29, 0.717) is 12.2 Å². The Bertz CT molecular complexity index is 570. The maximum Gasteiger partial charge on any atom is 0.543 e. The molecule has 1 rings (SSSR count). The molecule has 1 unspecified atom stereocenters. The fourth-order valence-electron chi connectivity index (χ4n) is 1.65. The van der Waals surface area contributed by atoms with Gasteiger partial charge in [0.05, 0.1) is 26.4 Å². The summed E-state index contributed by atoms with van der Waals surface area (Å²) in [4.78, 5) is 31.8. The molecule has 0 aliphatic heterocycles. The summed E-state index contributed by atoms with van der Waals surface area (Å²) >= 11 is 0. The van der Waals surface area contributed by atoms with Crippen LogP contribution < -0.4 is 14.2 Å². The summed E-state index contributed by atoms with van der Waals surface area (Å²) in [5.41, 5.74) is -0.0194. The first-order chi connectivity index (χ1) is 11.5. The third-order valence-electron chi connectivity index (χ3n) is 3.01. The maximum atomic E-state index is 12.0. The van der Waals surface area contributed by atoms with Crippen LogP contribution in [0.15, 0.2) is 12.1 Å². The summed E-state index contributed by atoms with van der Waals surface area (Å²) < 4.78 is 20.1. The van der Waals surface area contributed by atoms with Crippen LogP contribution in [0.1, 0.15) is 30.6 Å². The van der Waals surface area contributed by atoms with Gasteiger partial charge in [0.1, 0.15) is 11.7 Å². The lowest BCUT2D eigenvalue weighted by atomic mass is 10.1. The topological polar surface area (TPSA) is 98.8 Å². The average Bonchev–Trinajstić information content (AvgIpc) is 2.59. The van der Waals surface area contributed by atoms with Gasteiger partial charge in [0.25, 0.3) is 0 Å². The first kappa shape index (κ1) is 19.4. The molecule has 0 aliphatic rings. The zero-order chi connectivity index (χ0) is 18.1. The van der Waals surface area contributed by atoms with Crippen molar-refractivity contribution in [2.45, 2.75) is 26.4 Å². The number of carbonyl (C=O) groups excluding carboxylic acids is 2. The second kappa shape index (κ2) is 9.46. The zero-order valence-electron chi connectivity index (χ0n) is 14.1. The van der Waals surface area contributed by atoms with E-state index in [-0.39, 0.29) is 23.2 Å². The fourth-order valence-corrected chi connectivity index (χ4v) is 1.65. The Balaban J connectivity index is 2.73. The number of ether oxygens (including phenoxy) is 4. The second-order valence-corrected chi connectivity index (χ2v) is 4.49. The van der Waals surface area contributed by atoms with Gasteiger partial charge in [-0.25, -0.2) is 14.5 Å². The smallest absolute Gasteiger partial charge is 0.493 e. The van der Waals surface area contributed by atoms with E-state index in [4.69, 9.17) is 18.9 Å². The van der Waals surface area contributed by atoms with E-state index in [1.807, 2.05) is 6.92 Å². The van der Waals surface area contributed by atoms with Gasteiger partial charge >= 0.3 is 12.1 Å². The van der Waals surface area contributed by atoms with Crippen molar-refractivity contribution in [2.24, 2.45) is 0 Å². The van der Waals surface area contributed by atoms with E-state index in [0.717, 1.165) is 0 Å². The molecule has 0 aliphatic carbocycles. The highest BCUT2D eigenvalue weighted by Gasteiger charge is 2.23. The maximum absolute atomic E-state index is 12.0. The van der Waals surface area contributed by atoms with Gasteiger partial charge < -0.3 is 18.9 Å². The Labute approximate surface area is 139 Å². The van der Waals surface area contributed by atoms with E-state index in [2.05, 4.69) is 14.8 Å². The number of benzene rings is 1. The van der Waals surface area contributed by atoms with Gasteiger partial charge in [-0.2, -0.15) is 0 Å². The minimum Gasteiger partial charge on any atom is -0.493 e. The standard InChI is InChI=1S/C15H20O9/c1-6-9(2)21-15(17)23-24-22-14(16)10-7-8-11(18-3)13(20-5)12(10)19-4/h7-9H,6H2,1-5H3. The molecule has 1 aromatic rings. The van der Waals surface area contributed by atoms with Gasteiger partial charge in [-0.1, -0.05) is 6.92 Å². The lowest BCUT2D eigenvalue weighted by Gasteiger charge is -2.14. The number of hydrogen-bond donors (Lipinski definition) is 0. The van der Waals surface area contributed by atoms with Crippen molar-refractivity contribution in [1.82, 2.24) is 0 Å². The molecule has 0 bridgehead atoms. The highest BCUT2D eigenvalue weighted by Crippen LogP contribution is 2.39. The molecule has 0 spiro atoms. The van der Waals surface area contributed by atoms with Gasteiger partial charge in [0, 0.05) is 0 Å². The molecule has 0 radical (unpaired) electrons. The highest BCUT2D eigenvalue weighted by atomic mass is 17.5. The predicted molar refractivity (Wildman–Crippen MR) is 79.9 cm³/mol. The molecule has 0 amide bonds. The number of carbonyl (C=O) groups is 2. The molecule has 134 valence electrons. The van der Waals surface area contributed by atoms with Crippen molar-refractivity contribution < 1.29 is 43.3 Å². The molecule has 0 saturated carbocycles. The van der Waals surface area contributed by atoms with Gasteiger partial charge in [-0.05, 0) is 25.5 Å². The SMILES string of the molecule is CCC(C)OC(=O)OOOC(=O)c1ccc(OC)c(OC)c1OC. The molecule has 0 aromatic heterocycles. The lowest BCUT2D eigenvalue weighted by molar-refractivity contribution is -0.452. The number of methoxy groups -OCH3 is 3. The van der Waals surface area contributed by atoms with Crippen LogP contribution in [0.25, 0.3) is 0 Å². The molecule has 9 nitrogen and oxygen atoms in total. The summed E-state index contributed by atoms with van der Waals surface area (Å²) in [6.07, 6.45) is -0.892. The Kier molecular flexibility index (Phi) is 7.63. The van der Waals surface area contributed by atoms with Crippen LogP contribution in [-0.2, 0) is 19.6 Å². The van der Waals surface area contributed by atoms with Crippen LogP contribution >= 0.6 is 0 Å².